The van der Waals surface area contributed by atoms with Gasteiger partial charge < -0.3 is 4.90 Å². The Morgan fingerprint density at radius 2 is 1.87 bits per heavy atom. The van der Waals surface area contributed by atoms with E-state index < -0.39 is 0 Å². The Kier molecular flexibility index (Phi) is 4.89. The molecule has 7 heteroatoms. The van der Waals surface area contributed by atoms with Crippen molar-refractivity contribution in [3.63, 3.8) is 0 Å². The summed E-state index contributed by atoms with van der Waals surface area (Å²) in [5, 5.41) is 22.0. The van der Waals surface area contributed by atoms with E-state index in [1.54, 1.807) is 22.9 Å². The number of aromatic nitrogens is 4. The number of anilines is 1. The van der Waals surface area contributed by atoms with Crippen LogP contribution >= 0.6 is 0 Å². The first-order chi connectivity index (χ1) is 15.2. The minimum atomic E-state index is -0.277. The lowest BCUT2D eigenvalue weighted by Crippen LogP contribution is -2.30. The quantitative estimate of drug-likeness (QED) is 0.499. The van der Waals surface area contributed by atoms with E-state index in [0.29, 0.717) is 17.9 Å². The molecular formula is C24H19FN6. The van der Waals surface area contributed by atoms with Crippen LogP contribution in [0.4, 0.5) is 10.1 Å². The maximum absolute atomic E-state index is 13.3. The first-order valence-electron chi connectivity index (χ1n) is 10.1. The van der Waals surface area contributed by atoms with Crippen LogP contribution in [-0.2, 0) is 13.0 Å². The van der Waals surface area contributed by atoms with Crippen LogP contribution in [-0.4, -0.2) is 26.8 Å². The normalized spacial score (nSPS) is 13.6. The molecule has 0 bridgehead atoms. The van der Waals surface area contributed by atoms with Crippen LogP contribution in [0.15, 0.2) is 72.8 Å². The largest absolute Gasteiger partial charge is 0.357 e. The van der Waals surface area contributed by atoms with Gasteiger partial charge in [0.05, 0.1) is 18.2 Å². The van der Waals surface area contributed by atoms with Crippen LogP contribution in [0.25, 0.3) is 0 Å². The van der Waals surface area contributed by atoms with E-state index in [-0.39, 0.29) is 11.9 Å². The average molecular weight is 410 g/mol. The molecule has 0 radical (unpaired) electrons. The fourth-order valence-electron chi connectivity index (χ4n) is 4.16. The number of hydrogen-bond donors (Lipinski definition) is 0. The topological polar surface area (TPSA) is 70.6 Å². The fraction of sp³-hybridized carbons (Fsp3) is 0.167. The average Bonchev–Trinajstić information content (AvgIpc) is 3.44. The number of para-hydroxylation sites is 1. The standard InChI is InChI=1S/C24H19FN6/c25-21-10-8-17(9-11-21)16-31-24(27-28-29-31)23(20-6-3-4-18(14-20)15-26)30-13-12-19-5-1-2-7-22(19)30/h1-11,14,23H,12-13,16H2. The SMILES string of the molecule is N#Cc1cccc(C(c2nnnn2Cc2ccc(F)cc2)N2CCc3ccccc32)c1. The Hall–Kier alpha value is -4.05. The molecule has 5 rings (SSSR count). The van der Waals surface area contributed by atoms with Gasteiger partial charge in [-0.1, -0.05) is 42.5 Å². The van der Waals surface area contributed by atoms with Gasteiger partial charge >= 0.3 is 0 Å². The minimum Gasteiger partial charge on any atom is -0.357 e. The van der Waals surface area contributed by atoms with E-state index in [9.17, 15) is 9.65 Å². The molecule has 3 aromatic carbocycles. The van der Waals surface area contributed by atoms with E-state index in [2.05, 4.69) is 38.6 Å². The number of halogens is 1. The van der Waals surface area contributed by atoms with E-state index in [0.717, 1.165) is 29.8 Å². The Morgan fingerprint density at radius 1 is 1.03 bits per heavy atom. The molecule has 0 N–H and O–H groups in total. The maximum Gasteiger partial charge on any atom is 0.178 e. The highest BCUT2D eigenvalue weighted by molar-refractivity contribution is 5.61. The van der Waals surface area contributed by atoms with Gasteiger partial charge in [-0.25, -0.2) is 9.07 Å². The summed E-state index contributed by atoms with van der Waals surface area (Å²) < 4.78 is 15.1. The van der Waals surface area contributed by atoms with Gasteiger partial charge in [0.2, 0.25) is 0 Å². The zero-order valence-corrected chi connectivity index (χ0v) is 16.7. The Morgan fingerprint density at radius 3 is 2.71 bits per heavy atom. The number of nitriles is 1. The summed E-state index contributed by atoms with van der Waals surface area (Å²) in [4.78, 5) is 2.29. The summed E-state index contributed by atoms with van der Waals surface area (Å²) in [6, 6.07) is 24.2. The van der Waals surface area contributed by atoms with Gasteiger partial charge in [0.25, 0.3) is 0 Å². The number of tetrazole rings is 1. The summed E-state index contributed by atoms with van der Waals surface area (Å²) in [6.07, 6.45) is 0.935. The smallest absolute Gasteiger partial charge is 0.178 e. The monoisotopic (exact) mass is 410 g/mol. The first-order valence-corrected chi connectivity index (χ1v) is 10.1. The molecule has 0 fully saturated rings. The van der Waals surface area contributed by atoms with Crippen molar-refractivity contribution in [2.24, 2.45) is 0 Å². The van der Waals surface area contributed by atoms with Gasteiger partial charge in [-0.05, 0) is 63.9 Å². The molecule has 4 aromatic rings. The third kappa shape index (κ3) is 3.64. The van der Waals surface area contributed by atoms with E-state index >= 15 is 0 Å². The third-order valence-electron chi connectivity index (χ3n) is 5.62. The van der Waals surface area contributed by atoms with Gasteiger partial charge in [0.15, 0.2) is 5.82 Å². The number of benzene rings is 3. The lowest BCUT2D eigenvalue weighted by Gasteiger charge is -2.30. The Bertz CT molecular complexity index is 1260. The Balaban J connectivity index is 1.60. The molecule has 1 aliphatic rings. The molecule has 31 heavy (non-hydrogen) atoms. The van der Waals surface area contributed by atoms with Gasteiger partial charge in [0.1, 0.15) is 11.9 Å². The molecule has 1 unspecified atom stereocenters. The highest BCUT2D eigenvalue weighted by Gasteiger charge is 2.32. The van der Waals surface area contributed by atoms with Crippen LogP contribution in [0.3, 0.4) is 0 Å². The van der Waals surface area contributed by atoms with Gasteiger partial charge in [-0.3, -0.25) is 0 Å². The second-order valence-corrected chi connectivity index (χ2v) is 7.53. The molecule has 152 valence electrons. The van der Waals surface area contributed by atoms with E-state index in [4.69, 9.17) is 0 Å². The summed E-state index contributed by atoms with van der Waals surface area (Å²) in [7, 11) is 0. The first kappa shape index (κ1) is 18.9. The van der Waals surface area contributed by atoms with Crippen LogP contribution in [0.1, 0.15) is 34.1 Å². The zero-order valence-electron chi connectivity index (χ0n) is 16.7. The van der Waals surface area contributed by atoms with Crippen molar-refractivity contribution < 1.29 is 4.39 Å². The van der Waals surface area contributed by atoms with E-state index in [1.807, 2.05) is 30.3 Å². The third-order valence-corrected chi connectivity index (χ3v) is 5.62. The summed E-state index contributed by atoms with van der Waals surface area (Å²) in [5.74, 6) is 0.400. The molecule has 0 spiro atoms. The predicted octanol–water partition coefficient (Wildman–Crippen LogP) is 3.88. The van der Waals surface area contributed by atoms with Crippen LogP contribution in [0.2, 0.25) is 0 Å². The molecule has 0 saturated heterocycles. The van der Waals surface area contributed by atoms with Crippen molar-refractivity contribution in [1.82, 2.24) is 20.2 Å². The molecule has 1 atom stereocenters. The number of rotatable bonds is 5. The van der Waals surface area contributed by atoms with Crippen LogP contribution < -0.4 is 4.90 Å². The maximum atomic E-state index is 13.3. The molecule has 1 aliphatic heterocycles. The summed E-state index contributed by atoms with van der Waals surface area (Å²) >= 11 is 0. The molecule has 0 aliphatic carbocycles. The number of fused-ring (bicyclic) bond motifs is 1. The highest BCUT2D eigenvalue weighted by atomic mass is 19.1. The second kappa shape index (κ2) is 8.00. The van der Waals surface area contributed by atoms with Gasteiger partial charge in [0, 0.05) is 12.2 Å². The van der Waals surface area contributed by atoms with Gasteiger partial charge in [-0.15, -0.1) is 5.10 Å². The van der Waals surface area contributed by atoms with Crippen LogP contribution in [0, 0.1) is 17.1 Å². The Labute approximate surface area is 179 Å². The summed E-state index contributed by atoms with van der Waals surface area (Å²) in [6.45, 7) is 1.25. The van der Waals surface area contributed by atoms with Crippen molar-refractivity contribution in [1.29, 1.82) is 5.26 Å². The zero-order chi connectivity index (χ0) is 21.2. The minimum absolute atomic E-state index is 0.257. The van der Waals surface area contributed by atoms with Crippen molar-refractivity contribution in [3.8, 4) is 6.07 Å². The molecule has 1 aromatic heterocycles. The molecule has 0 saturated carbocycles. The van der Waals surface area contributed by atoms with Crippen LogP contribution in [0.5, 0.6) is 0 Å². The van der Waals surface area contributed by atoms with Gasteiger partial charge in [-0.2, -0.15) is 5.26 Å². The van der Waals surface area contributed by atoms with Crippen molar-refractivity contribution in [2.75, 3.05) is 11.4 Å². The number of nitrogens with zero attached hydrogens (tertiary/aromatic N) is 6. The molecular weight excluding hydrogens is 391 g/mol. The molecule has 6 nitrogen and oxygen atoms in total. The van der Waals surface area contributed by atoms with Crippen molar-refractivity contribution in [2.45, 2.75) is 19.0 Å². The lowest BCUT2D eigenvalue weighted by molar-refractivity contribution is 0.577. The predicted molar refractivity (Wildman–Crippen MR) is 114 cm³/mol. The van der Waals surface area contributed by atoms with Crippen molar-refractivity contribution >= 4 is 5.69 Å². The lowest BCUT2D eigenvalue weighted by atomic mass is 10.0. The summed E-state index contributed by atoms with van der Waals surface area (Å²) in [5.41, 5.74) is 4.87. The highest BCUT2D eigenvalue weighted by Crippen LogP contribution is 2.38. The fourth-order valence-corrected chi connectivity index (χ4v) is 4.16. The molecule has 0 amide bonds. The molecule has 2 heterocycles. The van der Waals surface area contributed by atoms with Crippen molar-refractivity contribution in [3.05, 3.63) is 107 Å². The van der Waals surface area contributed by atoms with E-state index in [1.165, 1.54) is 17.7 Å². The second-order valence-electron chi connectivity index (χ2n) is 7.53. The number of hydrogen-bond acceptors (Lipinski definition) is 5.